The highest BCUT2D eigenvalue weighted by Gasteiger charge is 2.57. The van der Waals surface area contributed by atoms with Crippen molar-refractivity contribution in [3.8, 4) is 11.1 Å². The molecule has 36 heavy (non-hydrogen) atoms. The standard InChI is InChI=1S/C26H18ClN7O2/c27-16-12-9-15(10-13-16)11-14-21-22(35)33-25(30-29-21)34-24(31-33)28-23(36)26(32-34)19-7-3-1-5-17(19)18-6-2-4-8-20(18)26/h1-14,25,30,32H,(H,28,31,36)/b14-11+. The van der Waals surface area contributed by atoms with Gasteiger partial charge in [0.1, 0.15) is 5.71 Å². The van der Waals surface area contributed by atoms with Gasteiger partial charge in [-0.1, -0.05) is 78.3 Å². The molecule has 3 aromatic rings. The molecule has 1 unspecified atom stereocenters. The lowest BCUT2D eigenvalue weighted by atomic mass is 9.86. The van der Waals surface area contributed by atoms with Gasteiger partial charge in [0.05, 0.1) is 0 Å². The maximum Gasteiger partial charge on any atom is 0.298 e. The van der Waals surface area contributed by atoms with Crippen molar-refractivity contribution in [1.29, 1.82) is 0 Å². The van der Waals surface area contributed by atoms with Gasteiger partial charge in [0.15, 0.2) is 5.54 Å². The Morgan fingerprint density at radius 1 is 0.889 bits per heavy atom. The number of hydrogen-bond acceptors (Lipinski definition) is 7. The Morgan fingerprint density at radius 2 is 1.56 bits per heavy atom. The molecule has 0 aromatic heterocycles. The zero-order chi connectivity index (χ0) is 24.4. The Kier molecular flexibility index (Phi) is 4.35. The van der Waals surface area contributed by atoms with Crippen LogP contribution >= 0.6 is 11.6 Å². The number of carbonyl (C=O) groups excluding carboxylic acids is 2. The van der Waals surface area contributed by atoms with E-state index in [-0.39, 0.29) is 17.6 Å². The molecule has 9 nitrogen and oxygen atoms in total. The van der Waals surface area contributed by atoms with Gasteiger partial charge in [-0.2, -0.15) is 10.1 Å². The van der Waals surface area contributed by atoms with Gasteiger partial charge < -0.3 is 0 Å². The summed E-state index contributed by atoms with van der Waals surface area (Å²) in [6.45, 7) is 0. The fraction of sp³-hybridized carbons (Fsp3) is 0.0769. The minimum Gasteiger partial charge on any atom is -0.291 e. The van der Waals surface area contributed by atoms with Crippen LogP contribution in [0.25, 0.3) is 17.2 Å². The van der Waals surface area contributed by atoms with Gasteiger partial charge in [0.25, 0.3) is 11.8 Å². The Balaban J connectivity index is 1.23. The molecule has 3 aromatic carbocycles. The first-order chi connectivity index (χ1) is 17.6. The highest BCUT2D eigenvalue weighted by atomic mass is 35.5. The van der Waals surface area contributed by atoms with Gasteiger partial charge in [-0.05, 0) is 46.0 Å². The molecule has 1 aliphatic carbocycles. The van der Waals surface area contributed by atoms with Crippen LogP contribution in [0, 0.1) is 0 Å². The van der Waals surface area contributed by atoms with Crippen molar-refractivity contribution >= 4 is 41.2 Å². The Hall–Kier alpha value is -4.47. The minimum absolute atomic E-state index is 0.183. The molecule has 3 N–H and O–H groups in total. The van der Waals surface area contributed by atoms with Crippen molar-refractivity contribution in [2.45, 2.75) is 11.8 Å². The third-order valence-electron chi connectivity index (χ3n) is 6.74. The normalized spacial score (nSPS) is 20.9. The molecule has 1 atom stereocenters. The summed E-state index contributed by atoms with van der Waals surface area (Å²) in [7, 11) is 0. The number of amides is 2. The first-order valence-corrected chi connectivity index (χ1v) is 11.7. The molecular weight excluding hydrogens is 478 g/mol. The Labute approximate surface area is 210 Å². The Bertz CT molecular complexity index is 1500. The van der Waals surface area contributed by atoms with Crippen LogP contribution in [0.4, 0.5) is 0 Å². The fourth-order valence-corrected chi connectivity index (χ4v) is 5.20. The maximum absolute atomic E-state index is 13.7. The zero-order valence-electron chi connectivity index (χ0n) is 18.6. The van der Waals surface area contributed by atoms with Crippen molar-refractivity contribution in [1.82, 2.24) is 26.2 Å². The molecule has 0 saturated carbocycles. The minimum atomic E-state index is -1.18. The van der Waals surface area contributed by atoms with Gasteiger partial charge in [-0.15, -0.1) is 5.10 Å². The van der Waals surface area contributed by atoms with Crippen molar-refractivity contribution in [2.75, 3.05) is 0 Å². The van der Waals surface area contributed by atoms with E-state index in [4.69, 9.17) is 11.6 Å². The van der Waals surface area contributed by atoms with Crippen LogP contribution in [0.15, 0.2) is 89.1 Å². The molecule has 1 fully saturated rings. The van der Waals surface area contributed by atoms with Crippen LogP contribution in [0.3, 0.4) is 0 Å². The van der Waals surface area contributed by atoms with Gasteiger partial charge in [0, 0.05) is 5.02 Å². The molecular formula is C26H18ClN7O2. The molecule has 1 spiro atoms. The number of carbonyl (C=O) groups is 2. The number of nitrogens with zero attached hydrogens (tertiary/aromatic N) is 4. The largest absolute Gasteiger partial charge is 0.298 e. The van der Waals surface area contributed by atoms with E-state index in [2.05, 4.69) is 26.4 Å². The summed E-state index contributed by atoms with van der Waals surface area (Å²) < 4.78 is 0. The quantitative estimate of drug-likeness (QED) is 0.507. The predicted octanol–water partition coefficient (Wildman–Crippen LogP) is 2.57. The number of nitrogens with one attached hydrogen (secondary N) is 3. The van der Waals surface area contributed by atoms with E-state index < -0.39 is 17.7 Å². The van der Waals surface area contributed by atoms with E-state index in [1.807, 2.05) is 60.7 Å². The Morgan fingerprint density at radius 3 is 2.25 bits per heavy atom. The van der Waals surface area contributed by atoms with E-state index in [1.165, 1.54) is 5.01 Å². The van der Waals surface area contributed by atoms with Crippen molar-refractivity contribution in [3.05, 3.63) is 101 Å². The molecule has 0 bridgehead atoms. The summed E-state index contributed by atoms with van der Waals surface area (Å²) in [6.07, 6.45) is 2.63. The van der Waals surface area contributed by atoms with E-state index >= 15 is 0 Å². The number of halogens is 1. The number of fused-ring (bicyclic) bond motifs is 8. The summed E-state index contributed by atoms with van der Waals surface area (Å²) in [4.78, 5) is 26.9. The van der Waals surface area contributed by atoms with Gasteiger partial charge >= 0.3 is 0 Å². The lowest BCUT2D eigenvalue weighted by Gasteiger charge is -2.43. The molecule has 1 saturated heterocycles. The van der Waals surface area contributed by atoms with Crippen LogP contribution in [0.5, 0.6) is 0 Å². The van der Waals surface area contributed by atoms with E-state index in [9.17, 15) is 9.59 Å². The second-order valence-electron chi connectivity index (χ2n) is 8.74. The third-order valence-corrected chi connectivity index (χ3v) is 7.00. The summed E-state index contributed by atoms with van der Waals surface area (Å²) in [5, 5.41) is 15.1. The second-order valence-corrected chi connectivity index (χ2v) is 9.17. The summed E-state index contributed by atoms with van der Waals surface area (Å²) in [6, 6.07) is 22.8. The average molecular weight is 496 g/mol. The number of benzene rings is 3. The average Bonchev–Trinajstić information content (AvgIpc) is 3.40. The van der Waals surface area contributed by atoms with Crippen LogP contribution in [-0.4, -0.2) is 39.8 Å². The SMILES string of the molecule is O=C1C(/C=C/c2ccc(Cl)cc2)=NNC2N1N=C1NC(=O)C3(NN12)c1ccccc1-c1ccccc13. The van der Waals surface area contributed by atoms with Gasteiger partial charge in [0.2, 0.25) is 12.2 Å². The number of hydrogen-bond donors (Lipinski definition) is 3. The molecule has 3 heterocycles. The first kappa shape index (κ1) is 20.9. The van der Waals surface area contributed by atoms with Crippen molar-refractivity contribution in [2.24, 2.45) is 10.2 Å². The fourth-order valence-electron chi connectivity index (χ4n) is 5.08. The number of hydrazine groups is 1. The summed E-state index contributed by atoms with van der Waals surface area (Å²) >= 11 is 5.94. The molecule has 3 aliphatic heterocycles. The third kappa shape index (κ3) is 2.81. The topological polar surface area (TPSA) is 101 Å². The van der Waals surface area contributed by atoms with E-state index in [0.717, 1.165) is 27.8 Å². The highest BCUT2D eigenvalue weighted by molar-refractivity contribution is 6.44. The van der Waals surface area contributed by atoms with Crippen LogP contribution in [-0.2, 0) is 15.1 Å². The highest BCUT2D eigenvalue weighted by Crippen LogP contribution is 2.48. The monoisotopic (exact) mass is 495 g/mol. The lowest BCUT2D eigenvalue weighted by Crippen LogP contribution is -2.73. The molecule has 7 rings (SSSR count). The molecule has 4 aliphatic rings. The van der Waals surface area contributed by atoms with Crippen molar-refractivity contribution < 1.29 is 9.59 Å². The van der Waals surface area contributed by atoms with Crippen molar-refractivity contribution in [3.63, 3.8) is 0 Å². The van der Waals surface area contributed by atoms with Crippen LogP contribution in [0.1, 0.15) is 16.7 Å². The molecule has 176 valence electrons. The van der Waals surface area contributed by atoms with E-state index in [0.29, 0.717) is 5.02 Å². The molecule has 2 amide bonds. The molecule has 0 radical (unpaired) electrons. The second kappa shape index (κ2) is 7.51. The number of hydrazone groups is 2. The maximum atomic E-state index is 13.7. The number of rotatable bonds is 2. The lowest BCUT2D eigenvalue weighted by molar-refractivity contribution is -0.134. The van der Waals surface area contributed by atoms with Gasteiger partial charge in [-0.25, -0.2) is 10.4 Å². The zero-order valence-corrected chi connectivity index (χ0v) is 19.4. The smallest absolute Gasteiger partial charge is 0.291 e. The number of guanidine groups is 1. The van der Waals surface area contributed by atoms with Gasteiger partial charge in [-0.3, -0.25) is 20.3 Å². The van der Waals surface area contributed by atoms with E-state index in [1.54, 1.807) is 29.3 Å². The summed E-state index contributed by atoms with van der Waals surface area (Å²) in [5.74, 6) is -0.453. The first-order valence-electron chi connectivity index (χ1n) is 11.3. The summed E-state index contributed by atoms with van der Waals surface area (Å²) in [5.41, 5.74) is 9.88. The van der Waals surface area contributed by atoms with Crippen LogP contribution < -0.4 is 16.2 Å². The molecule has 10 heteroatoms. The van der Waals surface area contributed by atoms with Crippen LogP contribution in [0.2, 0.25) is 5.02 Å². The predicted molar refractivity (Wildman–Crippen MR) is 135 cm³/mol.